The van der Waals surface area contributed by atoms with Crippen LogP contribution in [0.5, 0.6) is 11.5 Å². The summed E-state index contributed by atoms with van der Waals surface area (Å²) in [5.74, 6) is 0.196. The van der Waals surface area contributed by atoms with Crippen LogP contribution in [0.2, 0.25) is 0 Å². The van der Waals surface area contributed by atoms with Gasteiger partial charge in [0.2, 0.25) is 0 Å². The summed E-state index contributed by atoms with van der Waals surface area (Å²) in [4.78, 5) is 12.4. The normalized spacial score (nSPS) is 17.1. The predicted molar refractivity (Wildman–Crippen MR) is 94.5 cm³/mol. The van der Waals surface area contributed by atoms with Crippen LogP contribution in [0.25, 0.3) is 0 Å². The molecule has 1 aliphatic rings. The molecule has 1 unspecified atom stereocenters. The second-order valence-electron chi connectivity index (χ2n) is 6.32. The van der Waals surface area contributed by atoms with Gasteiger partial charge in [0.1, 0.15) is 17.5 Å². The second-order valence-corrected chi connectivity index (χ2v) is 6.32. The maximum absolute atomic E-state index is 12.4. The number of benzene rings is 2. The number of nitrogens with one attached hydrogen (secondary N) is 1. The van der Waals surface area contributed by atoms with E-state index in [9.17, 15) is 15.0 Å². The SMILES string of the molecule is CCOC(=O)[C@H](Cc1ccc(O)cc1)NC1CCc2cc(O)ccc21. The first kappa shape index (κ1) is 17.3. The van der Waals surface area contributed by atoms with Crippen molar-refractivity contribution in [2.24, 2.45) is 0 Å². The number of aromatic hydroxyl groups is 2. The molecule has 0 spiro atoms. The summed E-state index contributed by atoms with van der Waals surface area (Å²) in [5.41, 5.74) is 3.19. The average Bonchev–Trinajstić information content (AvgIpc) is 2.98. The van der Waals surface area contributed by atoms with Crippen LogP contribution in [0.3, 0.4) is 0 Å². The van der Waals surface area contributed by atoms with Gasteiger partial charge < -0.3 is 14.9 Å². The molecule has 0 amide bonds. The van der Waals surface area contributed by atoms with Crippen LogP contribution in [-0.2, 0) is 22.4 Å². The number of esters is 1. The van der Waals surface area contributed by atoms with Crippen LogP contribution in [0.1, 0.15) is 36.1 Å². The van der Waals surface area contributed by atoms with Gasteiger partial charge in [-0.1, -0.05) is 18.2 Å². The first-order valence-corrected chi connectivity index (χ1v) is 8.59. The van der Waals surface area contributed by atoms with Gasteiger partial charge in [0.15, 0.2) is 0 Å². The zero-order valence-electron chi connectivity index (χ0n) is 14.2. The zero-order valence-corrected chi connectivity index (χ0v) is 14.2. The average molecular weight is 341 g/mol. The van der Waals surface area contributed by atoms with E-state index in [4.69, 9.17) is 4.74 Å². The number of carbonyl (C=O) groups is 1. The van der Waals surface area contributed by atoms with E-state index in [0.717, 1.165) is 29.5 Å². The number of rotatable bonds is 6. The number of ether oxygens (including phenoxy) is 1. The van der Waals surface area contributed by atoms with E-state index in [1.165, 1.54) is 0 Å². The van der Waals surface area contributed by atoms with Crippen molar-refractivity contribution in [1.29, 1.82) is 0 Å². The van der Waals surface area contributed by atoms with Crippen molar-refractivity contribution in [1.82, 2.24) is 5.32 Å². The van der Waals surface area contributed by atoms with Crippen LogP contribution in [0.4, 0.5) is 0 Å². The van der Waals surface area contributed by atoms with Gasteiger partial charge in [-0.05, 0) is 67.1 Å². The van der Waals surface area contributed by atoms with E-state index in [1.54, 1.807) is 31.2 Å². The standard InChI is InChI=1S/C20H23NO4/c1-2-25-20(24)19(11-13-3-6-15(22)7-4-13)21-18-10-5-14-12-16(23)8-9-17(14)18/h3-4,6-9,12,18-19,21-23H,2,5,10-11H2,1H3/t18?,19-/m0/s1. The lowest BCUT2D eigenvalue weighted by molar-refractivity contribution is -0.145. The van der Waals surface area contributed by atoms with Gasteiger partial charge in [0, 0.05) is 6.04 Å². The van der Waals surface area contributed by atoms with E-state index in [2.05, 4.69) is 5.32 Å². The molecule has 2 aromatic rings. The largest absolute Gasteiger partial charge is 0.508 e. The minimum Gasteiger partial charge on any atom is -0.508 e. The van der Waals surface area contributed by atoms with Crippen LogP contribution in [0.15, 0.2) is 42.5 Å². The topological polar surface area (TPSA) is 78.8 Å². The van der Waals surface area contributed by atoms with Gasteiger partial charge in [-0.15, -0.1) is 0 Å². The number of phenols is 2. The molecule has 0 aromatic heterocycles. The summed E-state index contributed by atoms with van der Waals surface area (Å²) < 4.78 is 5.23. The molecule has 3 rings (SSSR count). The maximum atomic E-state index is 12.4. The molecular weight excluding hydrogens is 318 g/mol. The van der Waals surface area contributed by atoms with Crippen molar-refractivity contribution in [2.75, 3.05) is 6.61 Å². The Kier molecular flexibility index (Phi) is 5.24. The Hall–Kier alpha value is -2.53. The Bertz CT molecular complexity index is 742. The molecular formula is C20H23NO4. The van der Waals surface area contributed by atoms with Crippen LogP contribution in [-0.4, -0.2) is 28.8 Å². The lowest BCUT2D eigenvalue weighted by Crippen LogP contribution is -2.41. The quantitative estimate of drug-likeness (QED) is 0.704. The highest BCUT2D eigenvalue weighted by Crippen LogP contribution is 2.33. The molecule has 5 heteroatoms. The maximum Gasteiger partial charge on any atom is 0.323 e. The molecule has 0 saturated carbocycles. The first-order valence-electron chi connectivity index (χ1n) is 8.59. The number of aryl methyl sites for hydroxylation is 1. The molecule has 5 nitrogen and oxygen atoms in total. The number of fused-ring (bicyclic) bond motifs is 1. The Labute approximate surface area is 147 Å². The molecule has 0 saturated heterocycles. The van der Waals surface area contributed by atoms with Gasteiger partial charge in [0.25, 0.3) is 0 Å². The van der Waals surface area contributed by atoms with Crippen LogP contribution in [0, 0.1) is 0 Å². The minimum atomic E-state index is -0.464. The molecule has 2 aromatic carbocycles. The third-order valence-corrected chi connectivity index (χ3v) is 4.55. The smallest absolute Gasteiger partial charge is 0.323 e. The molecule has 0 fully saturated rings. The first-order chi connectivity index (χ1) is 12.1. The fraction of sp³-hybridized carbons (Fsp3) is 0.350. The highest BCUT2D eigenvalue weighted by molar-refractivity contribution is 5.76. The molecule has 1 aliphatic carbocycles. The van der Waals surface area contributed by atoms with Crippen molar-refractivity contribution in [3.63, 3.8) is 0 Å². The van der Waals surface area contributed by atoms with Gasteiger partial charge in [-0.3, -0.25) is 10.1 Å². The Morgan fingerprint density at radius 3 is 2.64 bits per heavy atom. The van der Waals surface area contributed by atoms with Crippen molar-refractivity contribution >= 4 is 5.97 Å². The van der Waals surface area contributed by atoms with Gasteiger partial charge >= 0.3 is 5.97 Å². The molecule has 0 bridgehead atoms. The van der Waals surface area contributed by atoms with E-state index in [-0.39, 0.29) is 23.5 Å². The molecule has 0 aliphatic heterocycles. The summed E-state index contributed by atoms with van der Waals surface area (Å²) >= 11 is 0. The van der Waals surface area contributed by atoms with Gasteiger partial charge in [0.05, 0.1) is 6.61 Å². The summed E-state index contributed by atoms with van der Waals surface area (Å²) in [7, 11) is 0. The van der Waals surface area contributed by atoms with Crippen LogP contribution >= 0.6 is 0 Å². The Balaban J connectivity index is 1.76. The molecule has 25 heavy (non-hydrogen) atoms. The minimum absolute atomic E-state index is 0.0575. The Morgan fingerprint density at radius 2 is 1.92 bits per heavy atom. The third kappa shape index (κ3) is 4.12. The van der Waals surface area contributed by atoms with E-state index in [0.29, 0.717) is 13.0 Å². The van der Waals surface area contributed by atoms with Crippen molar-refractivity contribution in [3.05, 3.63) is 59.2 Å². The number of hydrogen-bond donors (Lipinski definition) is 3. The fourth-order valence-electron chi connectivity index (χ4n) is 3.34. The fourth-order valence-corrected chi connectivity index (χ4v) is 3.34. The Morgan fingerprint density at radius 1 is 1.20 bits per heavy atom. The summed E-state index contributed by atoms with van der Waals surface area (Å²) in [5, 5.41) is 22.5. The molecule has 3 N–H and O–H groups in total. The monoisotopic (exact) mass is 341 g/mol. The summed E-state index contributed by atoms with van der Waals surface area (Å²) in [6.07, 6.45) is 2.24. The predicted octanol–water partition coefficient (Wildman–Crippen LogP) is 2.85. The van der Waals surface area contributed by atoms with Gasteiger partial charge in [-0.2, -0.15) is 0 Å². The third-order valence-electron chi connectivity index (χ3n) is 4.55. The molecule has 0 heterocycles. The van der Waals surface area contributed by atoms with Gasteiger partial charge in [-0.25, -0.2) is 0 Å². The lowest BCUT2D eigenvalue weighted by atomic mass is 10.0. The molecule has 0 radical (unpaired) electrons. The number of hydrogen-bond acceptors (Lipinski definition) is 5. The second kappa shape index (κ2) is 7.57. The number of phenolic OH excluding ortho intramolecular Hbond substituents is 2. The van der Waals surface area contributed by atoms with Crippen LogP contribution < -0.4 is 5.32 Å². The van der Waals surface area contributed by atoms with E-state index in [1.807, 2.05) is 18.2 Å². The highest BCUT2D eigenvalue weighted by atomic mass is 16.5. The summed E-state index contributed by atoms with van der Waals surface area (Å²) in [6, 6.07) is 11.8. The zero-order chi connectivity index (χ0) is 17.8. The van der Waals surface area contributed by atoms with E-state index >= 15 is 0 Å². The van der Waals surface area contributed by atoms with Crippen molar-refractivity contribution in [3.8, 4) is 11.5 Å². The highest BCUT2D eigenvalue weighted by Gasteiger charge is 2.29. The number of carbonyl (C=O) groups excluding carboxylic acids is 1. The molecule has 2 atom stereocenters. The molecule has 132 valence electrons. The van der Waals surface area contributed by atoms with Crippen molar-refractivity contribution in [2.45, 2.75) is 38.3 Å². The summed E-state index contributed by atoms with van der Waals surface area (Å²) in [6.45, 7) is 2.13. The van der Waals surface area contributed by atoms with E-state index < -0.39 is 6.04 Å². The van der Waals surface area contributed by atoms with Crippen molar-refractivity contribution < 1.29 is 19.7 Å². The lowest BCUT2D eigenvalue weighted by Gasteiger charge is -2.22.